The summed E-state index contributed by atoms with van der Waals surface area (Å²) in [5, 5.41) is 0. The SMILES string of the molecule is Cl.NC[C@@H]1CN(S(=O)(=O)Cc2cccc(F)c2)C[C@H]1c1ccccc1. The highest BCUT2D eigenvalue weighted by Gasteiger charge is 2.38. The molecule has 0 amide bonds. The van der Waals surface area contributed by atoms with Crippen LogP contribution in [0, 0.1) is 11.7 Å². The summed E-state index contributed by atoms with van der Waals surface area (Å²) < 4.78 is 40.2. The van der Waals surface area contributed by atoms with Crippen molar-refractivity contribution in [2.45, 2.75) is 11.7 Å². The van der Waals surface area contributed by atoms with Gasteiger partial charge in [-0.2, -0.15) is 0 Å². The van der Waals surface area contributed by atoms with Crippen molar-refractivity contribution in [3.63, 3.8) is 0 Å². The fourth-order valence-corrected chi connectivity index (χ4v) is 4.89. The Bertz CT molecular complexity index is 802. The minimum Gasteiger partial charge on any atom is -0.330 e. The van der Waals surface area contributed by atoms with Crippen molar-refractivity contribution < 1.29 is 12.8 Å². The van der Waals surface area contributed by atoms with E-state index in [2.05, 4.69) is 0 Å². The number of hydrogen-bond acceptors (Lipinski definition) is 3. The van der Waals surface area contributed by atoms with Gasteiger partial charge in [-0.25, -0.2) is 17.1 Å². The Balaban J connectivity index is 0.00000225. The standard InChI is InChI=1S/C18H21FN2O2S.ClH/c19-17-8-4-5-14(9-17)13-24(22,23)21-11-16(10-20)18(12-21)15-6-2-1-3-7-15;/h1-9,16,18H,10-13,20H2;1H/t16-,18+;/m1./s1. The van der Waals surface area contributed by atoms with Gasteiger partial charge < -0.3 is 5.73 Å². The molecule has 136 valence electrons. The molecule has 3 rings (SSSR count). The van der Waals surface area contributed by atoms with Gasteiger partial charge in [0.05, 0.1) is 5.75 Å². The number of nitrogens with two attached hydrogens (primary N) is 1. The Morgan fingerprint density at radius 3 is 2.44 bits per heavy atom. The van der Waals surface area contributed by atoms with Crippen molar-refractivity contribution in [3.05, 3.63) is 71.5 Å². The number of hydrogen-bond donors (Lipinski definition) is 1. The highest BCUT2D eigenvalue weighted by atomic mass is 35.5. The zero-order valence-electron chi connectivity index (χ0n) is 13.7. The molecule has 0 radical (unpaired) electrons. The van der Waals surface area contributed by atoms with Gasteiger partial charge in [0.1, 0.15) is 5.82 Å². The Labute approximate surface area is 154 Å². The van der Waals surface area contributed by atoms with Gasteiger partial charge in [0.2, 0.25) is 10.0 Å². The van der Waals surface area contributed by atoms with Gasteiger partial charge in [0.15, 0.2) is 0 Å². The molecule has 1 heterocycles. The van der Waals surface area contributed by atoms with Crippen molar-refractivity contribution >= 4 is 22.4 Å². The van der Waals surface area contributed by atoms with E-state index < -0.39 is 15.8 Å². The monoisotopic (exact) mass is 384 g/mol. The van der Waals surface area contributed by atoms with Crippen molar-refractivity contribution in [1.29, 1.82) is 0 Å². The van der Waals surface area contributed by atoms with Crippen molar-refractivity contribution in [1.82, 2.24) is 4.31 Å². The zero-order valence-corrected chi connectivity index (χ0v) is 15.3. The largest absolute Gasteiger partial charge is 0.330 e. The van der Waals surface area contributed by atoms with E-state index in [0.29, 0.717) is 25.2 Å². The summed E-state index contributed by atoms with van der Waals surface area (Å²) >= 11 is 0. The fourth-order valence-electron chi connectivity index (χ4n) is 3.30. The normalized spacial score (nSPS) is 21.0. The Morgan fingerprint density at radius 1 is 1.08 bits per heavy atom. The van der Waals surface area contributed by atoms with Gasteiger partial charge in [-0.1, -0.05) is 42.5 Å². The number of halogens is 2. The molecule has 2 atom stereocenters. The molecule has 2 N–H and O–H groups in total. The lowest BCUT2D eigenvalue weighted by atomic mass is 9.89. The smallest absolute Gasteiger partial charge is 0.218 e. The first-order valence-electron chi connectivity index (χ1n) is 7.97. The molecule has 1 aliphatic heterocycles. The van der Waals surface area contributed by atoms with E-state index in [1.54, 1.807) is 6.07 Å². The van der Waals surface area contributed by atoms with Gasteiger partial charge in [0.25, 0.3) is 0 Å². The lowest BCUT2D eigenvalue weighted by molar-refractivity contribution is 0.458. The second-order valence-corrected chi connectivity index (χ2v) is 8.18. The first kappa shape index (κ1) is 19.8. The molecule has 7 heteroatoms. The summed E-state index contributed by atoms with van der Waals surface area (Å²) in [4.78, 5) is 0. The minimum atomic E-state index is -3.50. The predicted octanol–water partition coefficient (Wildman–Crippen LogP) is 2.75. The van der Waals surface area contributed by atoms with Crippen LogP contribution in [0.25, 0.3) is 0 Å². The molecule has 25 heavy (non-hydrogen) atoms. The van der Waals surface area contributed by atoms with Gasteiger partial charge in [0, 0.05) is 19.0 Å². The summed E-state index contributed by atoms with van der Waals surface area (Å²) in [5.74, 6) is -0.428. The molecular weight excluding hydrogens is 363 g/mol. The molecule has 4 nitrogen and oxygen atoms in total. The van der Waals surface area contributed by atoms with E-state index in [4.69, 9.17) is 5.73 Å². The maximum absolute atomic E-state index is 13.3. The van der Waals surface area contributed by atoms with E-state index in [0.717, 1.165) is 5.56 Å². The van der Waals surface area contributed by atoms with Crippen molar-refractivity contribution in [2.75, 3.05) is 19.6 Å². The first-order valence-corrected chi connectivity index (χ1v) is 9.58. The lowest BCUT2D eigenvalue weighted by Crippen LogP contribution is -2.31. The summed E-state index contributed by atoms with van der Waals surface area (Å²) in [7, 11) is -3.50. The van der Waals surface area contributed by atoms with Crippen LogP contribution in [0.15, 0.2) is 54.6 Å². The molecule has 1 fully saturated rings. The Morgan fingerprint density at radius 2 is 1.80 bits per heavy atom. The van der Waals surface area contributed by atoms with Gasteiger partial charge in [-0.15, -0.1) is 12.4 Å². The first-order chi connectivity index (χ1) is 11.5. The molecule has 0 unspecified atom stereocenters. The second-order valence-electron chi connectivity index (χ2n) is 6.22. The average molecular weight is 385 g/mol. The van der Waals surface area contributed by atoms with E-state index >= 15 is 0 Å². The molecule has 0 bridgehead atoms. The molecule has 2 aromatic carbocycles. The second kappa shape index (κ2) is 8.27. The van der Waals surface area contributed by atoms with Crippen molar-refractivity contribution in [2.24, 2.45) is 11.7 Å². The third-order valence-electron chi connectivity index (χ3n) is 4.57. The van der Waals surface area contributed by atoms with Crippen LogP contribution in [0.1, 0.15) is 17.0 Å². The van der Waals surface area contributed by atoms with E-state index in [-0.39, 0.29) is 30.0 Å². The van der Waals surface area contributed by atoms with Crippen LogP contribution < -0.4 is 5.73 Å². The molecular formula is C18H22ClFN2O2S. The fraction of sp³-hybridized carbons (Fsp3) is 0.333. The van der Waals surface area contributed by atoms with E-state index in [1.165, 1.54) is 22.5 Å². The molecule has 2 aromatic rings. The highest BCUT2D eigenvalue weighted by molar-refractivity contribution is 7.88. The van der Waals surface area contributed by atoms with Gasteiger partial charge >= 0.3 is 0 Å². The number of sulfonamides is 1. The van der Waals surface area contributed by atoms with Crippen LogP contribution in [-0.4, -0.2) is 32.4 Å². The molecule has 1 aliphatic rings. The number of nitrogens with zero attached hydrogens (tertiary/aromatic N) is 1. The van der Waals surface area contributed by atoms with E-state index in [9.17, 15) is 12.8 Å². The van der Waals surface area contributed by atoms with Crippen LogP contribution >= 0.6 is 12.4 Å². The Hall–Kier alpha value is -1.47. The maximum Gasteiger partial charge on any atom is 0.218 e. The van der Waals surface area contributed by atoms with Gasteiger partial charge in [-0.3, -0.25) is 0 Å². The Kier molecular flexibility index (Phi) is 6.57. The number of rotatable bonds is 5. The zero-order chi connectivity index (χ0) is 17.2. The molecule has 0 saturated carbocycles. The summed E-state index contributed by atoms with van der Waals surface area (Å²) in [5.41, 5.74) is 7.44. The van der Waals surface area contributed by atoms with Crippen LogP contribution in [0.2, 0.25) is 0 Å². The van der Waals surface area contributed by atoms with Crippen LogP contribution in [-0.2, 0) is 15.8 Å². The summed E-state index contributed by atoms with van der Waals surface area (Å²) in [6.07, 6.45) is 0. The van der Waals surface area contributed by atoms with Gasteiger partial charge in [-0.05, 0) is 35.7 Å². The topological polar surface area (TPSA) is 63.4 Å². The average Bonchev–Trinajstić information content (AvgIpc) is 3.00. The lowest BCUT2D eigenvalue weighted by Gasteiger charge is -2.17. The minimum absolute atomic E-state index is 0. The quantitative estimate of drug-likeness (QED) is 0.862. The highest BCUT2D eigenvalue weighted by Crippen LogP contribution is 2.34. The third kappa shape index (κ3) is 4.58. The van der Waals surface area contributed by atoms with Crippen LogP contribution in [0.4, 0.5) is 4.39 Å². The maximum atomic E-state index is 13.3. The van der Waals surface area contributed by atoms with Crippen LogP contribution in [0.5, 0.6) is 0 Å². The van der Waals surface area contributed by atoms with Crippen molar-refractivity contribution in [3.8, 4) is 0 Å². The predicted molar refractivity (Wildman–Crippen MR) is 99.6 cm³/mol. The summed E-state index contributed by atoms with van der Waals surface area (Å²) in [6, 6.07) is 15.6. The van der Waals surface area contributed by atoms with Crippen LogP contribution in [0.3, 0.4) is 0 Å². The molecule has 1 saturated heterocycles. The summed E-state index contributed by atoms with van der Waals surface area (Å²) in [6.45, 7) is 1.27. The molecule has 0 aromatic heterocycles. The van der Waals surface area contributed by atoms with E-state index in [1.807, 2.05) is 30.3 Å². The molecule has 0 spiro atoms. The third-order valence-corrected chi connectivity index (χ3v) is 6.35. The molecule has 0 aliphatic carbocycles. The number of benzene rings is 2.